The molecule has 0 aliphatic carbocycles. The fraction of sp³-hybridized carbons (Fsp3) is 0.154. The Morgan fingerprint density at radius 1 is 1.03 bits per heavy atom. The van der Waals surface area contributed by atoms with Gasteiger partial charge in [0.15, 0.2) is 5.11 Å². The van der Waals surface area contributed by atoms with Gasteiger partial charge in [-0.1, -0.05) is 29.8 Å². The minimum absolute atomic E-state index is 0.0585. The number of halogens is 2. The molecule has 3 heterocycles. The van der Waals surface area contributed by atoms with Crippen molar-refractivity contribution in [3.05, 3.63) is 106 Å². The first-order valence-electron chi connectivity index (χ1n) is 10.8. The molecule has 2 atom stereocenters. The molecule has 0 spiro atoms. The number of aryl methyl sites for hydroxylation is 1. The number of hydrogen-bond donors (Lipinski definition) is 2. The highest BCUT2D eigenvalue weighted by Gasteiger charge is 2.43. The predicted molar refractivity (Wildman–Crippen MR) is 136 cm³/mol. The molecule has 4 aromatic rings. The molecular weight excluding hydrogens is 471 g/mol. The van der Waals surface area contributed by atoms with Crippen LogP contribution in [0.15, 0.2) is 72.9 Å². The first-order valence-corrected chi connectivity index (χ1v) is 11.6. The van der Waals surface area contributed by atoms with E-state index in [1.807, 2.05) is 53.6 Å². The quantitative estimate of drug-likeness (QED) is 0.334. The molecule has 2 N–H and O–H groups in total. The number of nitrogens with zero attached hydrogens (tertiary/aromatic N) is 3. The number of aromatic hydroxyl groups is 1. The van der Waals surface area contributed by atoms with Gasteiger partial charge in [0.25, 0.3) is 0 Å². The normalized spacial score (nSPS) is 17.8. The molecule has 0 unspecified atom stereocenters. The number of phenols is 1. The molecule has 8 heteroatoms. The molecule has 1 fully saturated rings. The van der Waals surface area contributed by atoms with Crippen molar-refractivity contribution in [3.63, 3.8) is 0 Å². The Morgan fingerprint density at radius 3 is 2.53 bits per heavy atom. The summed E-state index contributed by atoms with van der Waals surface area (Å²) in [6.45, 7) is 3.91. The van der Waals surface area contributed by atoms with E-state index >= 15 is 0 Å². The van der Waals surface area contributed by atoms with Gasteiger partial charge in [0, 0.05) is 22.6 Å². The molecule has 34 heavy (non-hydrogen) atoms. The largest absolute Gasteiger partial charge is 0.506 e. The molecule has 0 amide bonds. The maximum atomic E-state index is 14.7. The first kappa shape index (κ1) is 22.4. The Balaban J connectivity index is 1.72. The molecule has 1 aliphatic rings. The zero-order chi connectivity index (χ0) is 24.0. The summed E-state index contributed by atoms with van der Waals surface area (Å²) in [6.07, 6.45) is 1.74. The lowest BCUT2D eigenvalue weighted by Gasteiger charge is -2.28. The summed E-state index contributed by atoms with van der Waals surface area (Å²) < 4.78 is 16.6. The lowest BCUT2D eigenvalue weighted by molar-refractivity contribution is 0.472. The number of anilines is 1. The van der Waals surface area contributed by atoms with Gasteiger partial charge in [0.1, 0.15) is 11.6 Å². The van der Waals surface area contributed by atoms with Crippen LogP contribution in [0.5, 0.6) is 5.75 Å². The molecule has 0 bridgehead atoms. The van der Waals surface area contributed by atoms with E-state index in [4.69, 9.17) is 23.8 Å². The Morgan fingerprint density at radius 2 is 1.79 bits per heavy atom. The van der Waals surface area contributed by atoms with Crippen LogP contribution in [0.2, 0.25) is 5.02 Å². The summed E-state index contributed by atoms with van der Waals surface area (Å²) in [4.78, 5) is 6.43. The van der Waals surface area contributed by atoms with Crippen molar-refractivity contribution in [2.24, 2.45) is 0 Å². The van der Waals surface area contributed by atoms with Crippen molar-refractivity contribution in [3.8, 4) is 11.4 Å². The van der Waals surface area contributed by atoms with Gasteiger partial charge in [-0.05, 0) is 80.2 Å². The van der Waals surface area contributed by atoms with E-state index in [1.165, 1.54) is 6.07 Å². The van der Waals surface area contributed by atoms with Gasteiger partial charge in [-0.15, -0.1) is 0 Å². The lowest BCUT2D eigenvalue weighted by atomic mass is 9.96. The van der Waals surface area contributed by atoms with E-state index in [1.54, 1.807) is 36.5 Å². The molecule has 1 aliphatic heterocycles. The molecule has 1 saturated heterocycles. The number of pyridine rings is 1. The number of aromatic nitrogens is 2. The van der Waals surface area contributed by atoms with E-state index in [-0.39, 0.29) is 23.7 Å². The summed E-state index contributed by atoms with van der Waals surface area (Å²) in [6, 6.07) is 18.6. The van der Waals surface area contributed by atoms with Crippen molar-refractivity contribution in [1.82, 2.24) is 14.9 Å². The van der Waals surface area contributed by atoms with E-state index in [0.29, 0.717) is 21.5 Å². The zero-order valence-corrected chi connectivity index (χ0v) is 20.1. The van der Waals surface area contributed by atoms with Crippen LogP contribution in [0.25, 0.3) is 5.69 Å². The monoisotopic (exact) mass is 492 g/mol. The van der Waals surface area contributed by atoms with Crippen LogP contribution in [0.1, 0.15) is 34.7 Å². The van der Waals surface area contributed by atoms with Crippen molar-refractivity contribution in [2.45, 2.75) is 25.9 Å². The third kappa shape index (κ3) is 3.71. The van der Waals surface area contributed by atoms with Gasteiger partial charge in [-0.3, -0.25) is 4.98 Å². The highest BCUT2D eigenvalue weighted by atomic mass is 35.5. The second-order valence-corrected chi connectivity index (χ2v) is 9.07. The minimum Gasteiger partial charge on any atom is -0.506 e. The highest BCUT2D eigenvalue weighted by molar-refractivity contribution is 7.80. The third-order valence-electron chi connectivity index (χ3n) is 6.18. The molecular formula is C26H22ClFN4OS. The molecule has 5 rings (SSSR count). The van der Waals surface area contributed by atoms with Gasteiger partial charge < -0.3 is 19.9 Å². The van der Waals surface area contributed by atoms with Gasteiger partial charge >= 0.3 is 0 Å². The number of benzene rings is 2. The van der Waals surface area contributed by atoms with E-state index in [9.17, 15) is 9.50 Å². The Hall–Kier alpha value is -3.42. The maximum Gasteiger partial charge on any atom is 0.174 e. The van der Waals surface area contributed by atoms with Crippen molar-refractivity contribution >= 4 is 34.6 Å². The van der Waals surface area contributed by atoms with Crippen molar-refractivity contribution in [1.29, 1.82) is 0 Å². The molecule has 2 aromatic carbocycles. The highest BCUT2D eigenvalue weighted by Crippen LogP contribution is 2.46. The third-order valence-corrected chi connectivity index (χ3v) is 6.73. The summed E-state index contributed by atoms with van der Waals surface area (Å²) >= 11 is 12.0. The van der Waals surface area contributed by atoms with Crippen LogP contribution >= 0.6 is 23.8 Å². The molecule has 0 radical (unpaired) electrons. The Kier molecular flexibility index (Phi) is 5.75. The number of phenolic OH excluding ortho intramolecular Hbond substituents is 1. The summed E-state index contributed by atoms with van der Waals surface area (Å²) in [5.74, 6) is -0.246. The predicted octanol–water partition coefficient (Wildman–Crippen LogP) is 6.16. The number of hydrogen-bond acceptors (Lipinski definition) is 3. The molecule has 0 saturated carbocycles. The number of nitrogens with one attached hydrogen (secondary N) is 1. The first-order chi connectivity index (χ1) is 16.4. The molecule has 172 valence electrons. The number of thiocarbonyl (C=S) groups is 1. The second kappa shape index (κ2) is 8.74. The van der Waals surface area contributed by atoms with Crippen LogP contribution in [-0.2, 0) is 0 Å². The van der Waals surface area contributed by atoms with Crippen LogP contribution in [-0.4, -0.2) is 19.8 Å². The molecule has 5 nitrogen and oxygen atoms in total. The Labute approximate surface area is 207 Å². The van der Waals surface area contributed by atoms with Gasteiger partial charge in [-0.2, -0.15) is 0 Å². The standard InChI is InChI=1S/C26H22ClFN4OS/c1-15-13-18(16(2)31(15)21-9-4-3-7-19(21)28)25-24(20-8-5-6-12-29-20)30-26(34)32(25)22-14-17(27)10-11-23(22)33/h3-14,24-25,33H,1-2H3,(H,30,34)/t24-,25-/m1/s1. The van der Waals surface area contributed by atoms with Gasteiger partial charge in [0.05, 0.1) is 29.2 Å². The molecule has 2 aromatic heterocycles. The van der Waals surface area contributed by atoms with E-state index in [0.717, 1.165) is 22.6 Å². The average molecular weight is 493 g/mol. The minimum atomic E-state index is -0.363. The zero-order valence-electron chi connectivity index (χ0n) is 18.5. The summed E-state index contributed by atoms with van der Waals surface area (Å²) in [5, 5.41) is 15.0. The smallest absolute Gasteiger partial charge is 0.174 e. The maximum absolute atomic E-state index is 14.7. The number of rotatable bonds is 4. The fourth-order valence-electron chi connectivity index (χ4n) is 4.71. The summed E-state index contributed by atoms with van der Waals surface area (Å²) in [5.41, 5.74) is 4.45. The SMILES string of the molecule is Cc1cc([C@@H]2[C@@H](c3ccccn3)NC(=S)N2c2cc(Cl)ccc2O)c(C)n1-c1ccccc1F. The topological polar surface area (TPSA) is 53.3 Å². The second-order valence-electron chi connectivity index (χ2n) is 8.24. The summed E-state index contributed by atoms with van der Waals surface area (Å²) in [7, 11) is 0. The van der Waals surface area contributed by atoms with Crippen molar-refractivity contribution in [2.75, 3.05) is 4.90 Å². The van der Waals surface area contributed by atoms with Crippen LogP contribution in [0, 0.1) is 19.7 Å². The van der Waals surface area contributed by atoms with Crippen molar-refractivity contribution < 1.29 is 9.50 Å². The van der Waals surface area contributed by atoms with E-state index < -0.39 is 0 Å². The van der Waals surface area contributed by atoms with Crippen LogP contribution < -0.4 is 10.2 Å². The van der Waals surface area contributed by atoms with Gasteiger partial charge in [-0.25, -0.2) is 4.39 Å². The fourth-order valence-corrected chi connectivity index (χ4v) is 5.22. The van der Waals surface area contributed by atoms with Crippen LogP contribution in [0.4, 0.5) is 10.1 Å². The van der Waals surface area contributed by atoms with E-state index in [2.05, 4.69) is 10.3 Å². The van der Waals surface area contributed by atoms with Gasteiger partial charge in [0.2, 0.25) is 0 Å². The van der Waals surface area contributed by atoms with Crippen LogP contribution in [0.3, 0.4) is 0 Å². The number of para-hydroxylation sites is 1. The Bertz CT molecular complexity index is 1390. The average Bonchev–Trinajstić information content (AvgIpc) is 3.32. The lowest BCUT2D eigenvalue weighted by Crippen LogP contribution is -2.29.